The van der Waals surface area contributed by atoms with Crippen LogP contribution < -0.4 is 0 Å². The maximum absolute atomic E-state index is 13.8. The quantitative estimate of drug-likeness (QED) is 0.810. The van der Waals surface area contributed by atoms with E-state index in [-0.39, 0.29) is 11.4 Å². The molecule has 0 atom stereocenters. The molecule has 1 aromatic heterocycles. The Hall–Kier alpha value is -1.31. The van der Waals surface area contributed by atoms with Crippen molar-refractivity contribution in [3.05, 3.63) is 58.6 Å². The van der Waals surface area contributed by atoms with Crippen molar-refractivity contribution in [2.75, 3.05) is 13.6 Å². The van der Waals surface area contributed by atoms with Crippen LogP contribution in [0.3, 0.4) is 0 Å². The van der Waals surface area contributed by atoms with Crippen LogP contribution in [0.25, 0.3) is 0 Å². The average molecular weight is 373 g/mol. The molecule has 1 heterocycles. The van der Waals surface area contributed by atoms with E-state index in [9.17, 15) is 12.8 Å². The van der Waals surface area contributed by atoms with Gasteiger partial charge in [0.15, 0.2) is 0 Å². The van der Waals surface area contributed by atoms with Crippen LogP contribution in [0, 0.1) is 5.82 Å². The summed E-state index contributed by atoms with van der Waals surface area (Å²) >= 11 is 3.10. The first-order valence-corrected chi connectivity index (χ1v) is 8.46. The van der Waals surface area contributed by atoms with Gasteiger partial charge in [0.1, 0.15) is 10.7 Å². The molecule has 21 heavy (non-hydrogen) atoms. The van der Waals surface area contributed by atoms with Crippen LogP contribution in [0.4, 0.5) is 4.39 Å². The van der Waals surface area contributed by atoms with Crippen molar-refractivity contribution >= 4 is 26.0 Å². The van der Waals surface area contributed by atoms with Crippen LogP contribution >= 0.6 is 15.9 Å². The highest BCUT2D eigenvalue weighted by atomic mass is 79.9. The molecule has 0 radical (unpaired) electrons. The third-order valence-corrected chi connectivity index (χ3v) is 5.37. The largest absolute Gasteiger partial charge is 0.261 e. The Morgan fingerprint density at radius 2 is 2.05 bits per heavy atom. The Balaban J connectivity index is 2.15. The lowest BCUT2D eigenvalue weighted by Gasteiger charge is -2.17. The molecule has 0 N–H and O–H groups in total. The van der Waals surface area contributed by atoms with Crippen LogP contribution in [-0.4, -0.2) is 31.3 Å². The Morgan fingerprint density at radius 1 is 1.29 bits per heavy atom. The fourth-order valence-corrected chi connectivity index (χ4v) is 3.34. The molecule has 2 rings (SSSR count). The first kappa shape index (κ1) is 16.1. The fraction of sp³-hybridized carbons (Fsp3) is 0.214. The summed E-state index contributed by atoms with van der Waals surface area (Å²) in [6.45, 7) is 0.231. The number of aromatic nitrogens is 1. The van der Waals surface area contributed by atoms with Crippen molar-refractivity contribution in [1.82, 2.24) is 9.29 Å². The molecule has 0 amide bonds. The molecule has 0 fully saturated rings. The van der Waals surface area contributed by atoms with Crippen molar-refractivity contribution in [2.45, 2.75) is 11.3 Å². The van der Waals surface area contributed by atoms with Crippen LogP contribution in [0.2, 0.25) is 0 Å². The van der Waals surface area contributed by atoms with Gasteiger partial charge in [0.05, 0.1) is 0 Å². The Kier molecular flexibility index (Phi) is 5.08. The number of sulfonamides is 1. The monoisotopic (exact) mass is 372 g/mol. The molecule has 1 aromatic carbocycles. The summed E-state index contributed by atoms with van der Waals surface area (Å²) in [5.41, 5.74) is 0.788. The molecule has 0 saturated heterocycles. The zero-order chi connectivity index (χ0) is 15.5. The second-order valence-electron chi connectivity index (χ2n) is 4.47. The first-order chi connectivity index (χ1) is 9.91. The van der Waals surface area contributed by atoms with E-state index in [2.05, 4.69) is 20.9 Å². The van der Waals surface area contributed by atoms with E-state index in [1.807, 2.05) is 12.1 Å². The summed E-state index contributed by atoms with van der Waals surface area (Å²) in [5.74, 6) is -0.769. The van der Waals surface area contributed by atoms with E-state index >= 15 is 0 Å². The average Bonchev–Trinajstić information content (AvgIpc) is 2.45. The molecule has 0 aliphatic heterocycles. The fourth-order valence-electron chi connectivity index (χ4n) is 1.79. The first-order valence-electron chi connectivity index (χ1n) is 6.22. The van der Waals surface area contributed by atoms with Gasteiger partial charge < -0.3 is 0 Å². The maximum Gasteiger partial charge on any atom is 0.245 e. The molecule has 0 aliphatic carbocycles. The van der Waals surface area contributed by atoms with E-state index in [1.165, 1.54) is 19.2 Å². The van der Waals surface area contributed by atoms with Crippen LogP contribution in [0.15, 0.2) is 52.0 Å². The molecule has 2 aromatic rings. The highest BCUT2D eigenvalue weighted by molar-refractivity contribution is 9.10. The lowest BCUT2D eigenvalue weighted by atomic mass is 10.3. The van der Waals surface area contributed by atoms with Crippen molar-refractivity contribution < 1.29 is 12.8 Å². The number of likely N-dealkylation sites (N-methyl/N-ethyl adjacent to an activating group) is 1. The number of benzene rings is 1. The molecule has 0 aliphatic rings. The molecule has 7 heteroatoms. The SMILES string of the molecule is CN(CCc1ccccn1)S(=O)(=O)c1ccc(Br)cc1F. The normalized spacial score (nSPS) is 11.8. The number of hydrogen-bond donors (Lipinski definition) is 0. The van der Waals surface area contributed by atoms with E-state index in [0.29, 0.717) is 10.9 Å². The van der Waals surface area contributed by atoms with E-state index in [0.717, 1.165) is 16.1 Å². The van der Waals surface area contributed by atoms with Crippen molar-refractivity contribution in [3.8, 4) is 0 Å². The van der Waals surface area contributed by atoms with Gasteiger partial charge in [-0.25, -0.2) is 17.1 Å². The number of nitrogens with zero attached hydrogens (tertiary/aromatic N) is 2. The summed E-state index contributed by atoms with van der Waals surface area (Å²) in [6.07, 6.45) is 2.12. The van der Waals surface area contributed by atoms with E-state index < -0.39 is 15.8 Å². The van der Waals surface area contributed by atoms with E-state index in [4.69, 9.17) is 0 Å². The van der Waals surface area contributed by atoms with Crippen molar-refractivity contribution in [3.63, 3.8) is 0 Å². The summed E-state index contributed by atoms with van der Waals surface area (Å²) in [4.78, 5) is 3.81. The summed E-state index contributed by atoms with van der Waals surface area (Å²) in [5, 5.41) is 0. The predicted molar refractivity (Wildman–Crippen MR) is 81.9 cm³/mol. The predicted octanol–water partition coefficient (Wildman–Crippen LogP) is 2.85. The topological polar surface area (TPSA) is 50.3 Å². The van der Waals surface area contributed by atoms with Crippen LogP contribution in [0.5, 0.6) is 0 Å². The lowest BCUT2D eigenvalue weighted by molar-refractivity contribution is 0.464. The van der Waals surface area contributed by atoms with Crippen molar-refractivity contribution in [1.29, 1.82) is 0 Å². The number of rotatable bonds is 5. The molecule has 0 unspecified atom stereocenters. The molecular weight excluding hydrogens is 359 g/mol. The minimum Gasteiger partial charge on any atom is -0.261 e. The Bertz CT molecular complexity index is 723. The van der Waals surface area contributed by atoms with Gasteiger partial charge in [0.25, 0.3) is 0 Å². The summed E-state index contributed by atoms with van der Waals surface area (Å²) in [6, 6.07) is 9.35. The van der Waals surface area contributed by atoms with Gasteiger partial charge in [-0.1, -0.05) is 22.0 Å². The third-order valence-electron chi connectivity index (χ3n) is 2.99. The smallest absolute Gasteiger partial charge is 0.245 e. The van der Waals surface area contributed by atoms with Crippen molar-refractivity contribution in [2.24, 2.45) is 0 Å². The minimum absolute atomic E-state index is 0.231. The van der Waals surface area contributed by atoms with Gasteiger partial charge in [-0.2, -0.15) is 0 Å². The molecule has 4 nitrogen and oxygen atoms in total. The summed E-state index contributed by atoms with van der Waals surface area (Å²) in [7, 11) is -2.42. The van der Waals surface area contributed by atoms with Gasteiger partial charge in [0.2, 0.25) is 10.0 Å². The standard InChI is InChI=1S/C14H14BrFN2O2S/c1-18(9-7-12-4-2-3-8-17-12)21(19,20)14-6-5-11(15)10-13(14)16/h2-6,8,10H,7,9H2,1H3. The third kappa shape index (κ3) is 3.87. The minimum atomic E-state index is -3.85. The van der Waals surface area contributed by atoms with Gasteiger partial charge in [-0.05, 0) is 30.3 Å². The summed E-state index contributed by atoms with van der Waals surface area (Å²) < 4.78 is 40.1. The lowest BCUT2D eigenvalue weighted by Crippen LogP contribution is -2.29. The van der Waals surface area contributed by atoms with E-state index in [1.54, 1.807) is 12.3 Å². The molecule has 112 valence electrons. The second kappa shape index (κ2) is 6.64. The second-order valence-corrected chi connectivity index (χ2v) is 7.40. The highest BCUT2D eigenvalue weighted by Crippen LogP contribution is 2.22. The zero-order valence-corrected chi connectivity index (χ0v) is 13.7. The number of halogens is 2. The van der Waals surface area contributed by atoms with Crippen LogP contribution in [0.1, 0.15) is 5.69 Å². The van der Waals surface area contributed by atoms with Gasteiger partial charge >= 0.3 is 0 Å². The van der Waals surface area contributed by atoms with Gasteiger partial charge in [-0.15, -0.1) is 0 Å². The molecule has 0 spiro atoms. The molecule has 0 saturated carbocycles. The molecule has 0 bridgehead atoms. The van der Waals surface area contributed by atoms with Crippen LogP contribution in [-0.2, 0) is 16.4 Å². The maximum atomic E-state index is 13.8. The number of pyridine rings is 1. The van der Waals surface area contributed by atoms with Gasteiger partial charge in [-0.3, -0.25) is 4.98 Å². The van der Waals surface area contributed by atoms with Gasteiger partial charge in [0, 0.05) is 36.4 Å². The Morgan fingerprint density at radius 3 is 2.67 bits per heavy atom. The Labute approximate surface area is 131 Å². The highest BCUT2D eigenvalue weighted by Gasteiger charge is 2.24. The number of hydrogen-bond acceptors (Lipinski definition) is 3. The zero-order valence-electron chi connectivity index (χ0n) is 11.3. The molecular formula is C14H14BrFN2O2S.